The van der Waals surface area contributed by atoms with E-state index in [1.54, 1.807) is 6.20 Å². The Balaban J connectivity index is 2.23. The summed E-state index contributed by atoms with van der Waals surface area (Å²) in [5.41, 5.74) is 2.33. The Bertz CT molecular complexity index is 499. The topological polar surface area (TPSA) is 34.1 Å². The molecule has 0 radical (unpaired) electrons. The lowest BCUT2D eigenvalue weighted by Gasteiger charge is -2.17. The molecule has 0 aliphatic heterocycles. The first-order chi connectivity index (χ1) is 9.35. The molecule has 3 heteroatoms. The molecule has 2 rings (SSSR count). The van der Waals surface area contributed by atoms with Gasteiger partial charge < -0.3 is 10.1 Å². The largest absolute Gasteiger partial charge is 0.492 e. The fourth-order valence-electron chi connectivity index (χ4n) is 2.06. The van der Waals surface area contributed by atoms with E-state index < -0.39 is 0 Å². The smallest absolute Gasteiger partial charge is 0.137 e. The molecule has 0 saturated heterocycles. The maximum Gasteiger partial charge on any atom is 0.137 e. The second-order valence-electron chi connectivity index (χ2n) is 4.43. The van der Waals surface area contributed by atoms with E-state index in [1.165, 1.54) is 5.56 Å². The monoisotopic (exact) mass is 256 g/mol. The second kappa shape index (κ2) is 6.90. The van der Waals surface area contributed by atoms with Gasteiger partial charge in [0.2, 0.25) is 0 Å². The van der Waals surface area contributed by atoms with Crippen LogP contribution in [0.4, 0.5) is 0 Å². The first kappa shape index (κ1) is 13.6. The maximum atomic E-state index is 5.64. The molecule has 1 atom stereocenters. The predicted octanol–water partition coefficient (Wildman–Crippen LogP) is 3.18. The van der Waals surface area contributed by atoms with Crippen molar-refractivity contribution in [2.75, 3.05) is 13.7 Å². The van der Waals surface area contributed by atoms with E-state index in [4.69, 9.17) is 4.74 Å². The molecule has 1 N–H and O–H groups in total. The van der Waals surface area contributed by atoms with Crippen LogP contribution in [-0.4, -0.2) is 18.6 Å². The van der Waals surface area contributed by atoms with Crippen molar-refractivity contribution in [1.82, 2.24) is 10.3 Å². The van der Waals surface area contributed by atoms with E-state index in [-0.39, 0.29) is 6.04 Å². The number of rotatable bonds is 6. The number of pyridine rings is 1. The van der Waals surface area contributed by atoms with Gasteiger partial charge in [-0.15, -0.1) is 0 Å². The van der Waals surface area contributed by atoms with Crippen molar-refractivity contribution in [3.63, 3.8) is 0 Å². The molecule has 19 heavy (non-hydrogen) atoms. The summed E-state index contributed by atoms with van der Waals surface area (Å²) in [5.74, 6) is 0.829. The first-order valence-electron chi connectivity index (χ1n) is 6.65. The molecule has 0 amide bonds. The molecule has 0 aliphatic carbocycles. The molecule has 0 fully saturated rings. The SMILES string of the molecule is CCCOc1cncc(C(NC)c2ccccc2)c1. The Kier molecular flexibility index (Phi) is 4.93. The van der Waals surface area contributed by atoms with Gasteiger partial charge in [0.15, 0.2) is 0 Å². The molecule has 1 aromatic carbocycles. The summed E-state index contributed by atoms with van der Waals surface area (Å²) in [5, 5.41) is 3.32. The highest BCUT2D eigenvalue weighted by Crippen LogP contribution is 2.23. The quantitative estimate of drug-likeness (QED) is 0.862. The van der Waals surface area contributed by atoms with E-state index in [2.05, 4.69) is 35.4 Å². The standard InChI is InChI=1S/C16H20N2O/c1-3-9-19-15-10-14(11-18-12-15)16(17-2)13-7-5-4-6-8-13/h4-8,10-12,16-17H,3,9H2,1-2H3. The molecule has 100 valence electrons. The van der Waals surface area contributed by atoms with Crippen LogP contribution in [0.2, 0.25) is 0 Å². The van der Waals surface area contributed by atoms with Crippen molar-refractivity contribution in [2.45, 2.75) is 19.4 Å². The Labute approximate surface area is 114 Å². The maximum absolute atomic E-state index is 5.64. The van der Waals surface area contributed by atoms with E-state index >= 15 is 0 Å². The van der Waals surface area contributed by atoms with Gasteiger partial charge in [-0.25, -0.2) is 0 Å². The first-order valence-corrected chi connectivity index (χ1v) is 6.65. The van der Waals surface area contributed by atoms with Gasteiger partial charge in [0.25, 0.3) is 0 Å². The average molecular weight is 256 g/mol. The van der Waals surface area contributed by atoms with Gasteiger partial charge in [-0.1, -0.05) is 37.3 Å². The van der Waals surface area contributed by atoms with Crippen LogP contribution in [0.15, 0.2) is 48.8 Å². The normalized spacial score (nSPS) is 12.1. The zero-order valence-corrected chi connectivity index (χ0v) is 11.5. The minimum absolute atomic E-state index is 0.138. The van der Waals surface area contributed by atoms with Gasteiger partial charge in [0, 0.05) is 6.20 Å². The van der Waals surface area contributed by atoms with Gasteiger partial charge in [-0.2, -0.15) is 0 Å². The third kappa shape index (κ3) is 3.55. The molecule has 0 spiro atoms. The fourth-order valence-corrected chi connectivity index (χ4v) is 2.06. The Hall–Kier alpha value is -1.87. The highest BCUT2D eigenvalue weighted by Gasteiger charge is 2.12. The third-order valence-corrected chi connectivity index (χ3v) is 2.96. The fraction of sp³-hybridized carbons (Fsp3) is 0.312. The third-order valence-electron chi connectivity index (χ3n) is 2.96. The lowest BCUT2D eigenvalue weighted by atomic mass is 10.0. The number of hydrogen-bond acceptors (Lipinski definition) is 3. The summed E-state index contributed by atoms with van der Waals surface area (Å²) in [6.45, 7) is 2.82. The molecule has 2 aromatic rings. The Morgan fingerprint density at radius 3 is 2.63 bits per heavy atom. The molecular formula is C16H20N2O. The average Bonchev–Trinajstić information content (AvgIpc) is 2.47. The van der Waals surface area contributed by atoms with Gasteiger partial charge in [-0.3, -0.25) is 4.98 Å². The molecule has 0 saturated carbocycles. The summed E-state index contributed by atoms with van der Waals surface area (Å²) in [4.78, 5) is 4.27. The van der Waals surface area contributed by atoms with Crippen LogP contribution in [0, 0.1) is 0 Å². The highest BCUT2D eigenvalue weighted by molar-refractivity contribution is 5.33. The molecular weight excluding hydrogens is 236 g/mol. The van der Waals surface area contributed by atoms with Crippen molar-refractivity contribution in [3.8, 4) is 5.75 Å². The van der Waals surface area contributed by atoms with E-state index in [0.717, 1.165) is 24.3 Å². The van der Waals surface area contributed by atoms with Gasteiger partial charge >= 0.3 is 0 Å². The van der Waals surface area contributed by atoms with Crippen LogP contribution >= 0.6 is 0 Å². The van der Waals surface area contributed by atoms with Crippen LogP contribution in [0.1, 0.15) is 30.5 Å². The van der Waals surface area contributed by atoms with Crippen molar-refractivity contribution < 1.29 is 4.74 Å². The highest BCUT2D eigenvalue weighted by atomic mass is 16.5. The molecule has 1 heterocycles. The number of nitrogens with one attached hydrogen (secondary N) is 1. The summed E-state index contributed by atoms with van der Waals surface area (Å²) in [7, 11) is 1.96. The lowest BCUT2D eigenvalue weighted by molar-refractivity contribution is 0.315. The lowest BCUT2D eigenvalue weighted by Crippen LogP contribution is -2.17. The molecule has 3 nitrogen and oxygen atoms in total. The van der Waals surface area contributed by atoms with Crippen molar-refractivity contribution >= 4 is 0 Å². The van der Waals surface area contributed by atoms with E-state index in [1.807, 2.05) is 31.4 Å². The minimum atomic E-state index is 0.138. The van der Waals surface area contributed by atoms with E-state index in [0.29, 0.717) is 0 Å². The number of nitrogens with zero attached hydrogens (tertiary/aromatic N) is 1. The van der Waals surface area contributed by atoms with E-state index in [9.17, 15) is 0 Å². The summed E-state index contributed by atoms with van der Waals surface area (Å²) in [6.07, 6.45) is 4.64. The number of aromatic nitrogens is 1. The number of hydrogen-bond donors (Lipinski definition) is 1. The van der Waals surface area contributed by atoms with Crippen molar-refractivity contribution in [2.24, 2.45) is 0 Å². The van der Waals surface area contributed by atoms with Crippen LogP contribution < -0.4 is 10.1 Å². The van der Waals surface area contributed by atoms with Crippen LogP contribution in [0.5, 0.6) is 5.75 Å². The molecule has 1 aromatic heterocycles. The Morgan fingerprint density at radius 2 is 1.95 bits per heavy atom. The number of benzene rings is 1. The van der Waals surface area contributed by atoms with Gasteiger partial charge in [-0.05, 0) is 30.7 Å². The number of ether oxygens (including phenoxy) is 1. The van der Waals surface area contributed by atoms with Gasteiger partial charge in [0.05, 0.1) is 18.8 Å². The predicted molar refractivity (Wildman–Crippen MR) is 77.4 cm³/mol. The molecule has 0 aliphatic rings. The zero-order chi connectivity index (χ0) is 13.5. The van der Waals surface area contributed by atoms with Crippen molar-refractivity contribution in [1.29, 1.82) is 0 Å². The van der Waals surface area contributed by atoms with Crippen LogP contribution in [-0.2, 0) is 0 Å². The molecule has 0 bridgehead atoms. The van der Waals surface area contributed by atoms with Gasteiger partial charge in [0.1, 0.15) is 5.75 Å². The van der Waals surface area contributed by atoms with Crippen LogP contribution in [0.3, 0.4) is 0 Å². The Morgan fingerprint density at radius 1 is 1.16 bits per heavy atom. The summed E-state index contributed by atoms with van der Waals surface area (Å²) >= 11 is 0. The van der Waals surface area contributed by atoms with Crippen LogP contribution in [0.25, 0.3) is 0 Å². The second-order valence-corrected chi connectivity index (χ2v) is 4.43. The van der Waals surface area contributed by atoms with Crippen molar-refractivity contribution in [3.05, 3.63) is 59.9 Å². The summed E-state index contributed by atoms with van der Waals surface area (Å²) in [6, 6.07) is 12.5. The summed E-state index contributed by atoms with van der Waals surface area (Å²) < 4.78 is 5.64. The minimum Gasteiger partial charge on any atom is -0.492 e. The molecule has 1 unspecified atom stereocenters. The zero-order valence-electron chi connectivity index (χ0n) is 11.5.